The zero-order chi connectivity index (χ0) is 34.2. The number of rotatable bonds is 11. The van der Waals surface area contributed by atoms with Crippen molar-refractivity contribution in [2.75, 3.05) is 4.90 Å². The molecule has 0 N–H and O–H groups in total. The van der Waals surface area contributed by atoms with Crippen molar-refractivity contribution < 1.29 is 4.74 Å². The van der Waals surface area contributed by atoms with Crippen molar-refractivity contribution in [3.05, 3.63) is 187 Å². The molecule has 0 aliphatic heterocycles. The molecule has 0 fully saturated rings. The Kier molecular flexibility index (Phi) is 10.6. The van der Waals surface area contributed by atoms with Crippen LogP contribution in [0.15, 0.2) is 170 Å². The van der Waals surface area contributed by atoms with Gasteiger partial charge >= 0.3 is 0 Å². The van der Waals surface area contributed by atoms with E-state index < -0.39 is 0 Å². The van der Waals surface area contributed by atoms with Gasteiger partial charge in [0.1, 0.15) is 5.75 Å². The Balaban J connectivity index is 1.42. The lowest BCUT2D eigenvalue weighted by atomic mass is 9.97. The van der Waals surface area contributed by atoms with Gasteiger partial charge in [0.25, 0.3) is 0 Å². The van der Waals surface area contributed by atoms with E-state index in [2.05, 4.69) is 203 Å². The molecule has 0 aliphatic rings. The highest BCUT2D eigenvalue weighted by molar-refractivity contribution is 5.79. The molecule has 2 nitrogen and oxygen atoms in total. The fourth-order valence-electron chi connectivity index (χ4n) is 6.31. The maximum Gasteiger partial charge on any atom is 0.154 e. The van der Waals surface area contributed by atoms with Gasteiger partial charge in [-0.25, -0.2) is 0 Å². The molecule has 49 heavy (non-hydrogen) atoms. The highest BCUT2D eigenvalue weighted by atomic mass is 16.5. The number of hydrogen-bond acceptors (Lipinski definition) is 2. The van der Waals surface area contributed by atoms with Crippen molar-refractivity contribution in [3.8, 4) is 33.8 Å². The smallest absolute Gasteiger partial charge is 0.154 e. The van der Waals surface area contributed by atoms with E-state index in [1.807, 2.05) is 6.07 Å². The van der Waals surface area contributed by atoms with Crippen molar-refractivity contribution in [1.82, 2.24) is 0 Å². The summed E-state index contributed by atoms with van der Waals surface area (Å²) >= 11 is 0. The second kappa shape index (κ2) is 15.5. The van der Waals surface area contributed by atoms with Crippen LogP contribution in [-0.2, 0) is 0 Å². The largest absolute Gasteiger partial charge is 0.455 e. The first-order valence-electron chi connectivity index (χ1n) is 17.2. The molecule has 0 heterocycles. The number of hydrogen-bond donors (Lipinski definition) is 0. The topological polar surface area (TPSA) is 12.5 Å². The average Bonchev–Trinajstić information content (AvgIpc) is 3.14. The first kappa shape index (κ1) is 33.3. The normalized spacial score (nSPS) is 12.3. The maximum absolute atomic E-state index is 6.87. The molecule has 0 spiro atoms. The van der Waals surface area contributed by atoms with Crippen LogP contribution < -0.4 is 9.64 Å². The number of para-hydroxylation sites is 2. The molecule has 0 aliphatic carbocycles. The monoisotopic (exact) mass is 639 g/mol. The minimum absolute atomic E-state index is 0.00327. The Bertz CT molecular complexity index is 2040. The van der Waals surface area contributed by atoms with Gasteiger partial charge in [-0.15, -0.1) is 0 Å². The van der Waals surface area contributed by atoms with Crippen molar-refractivity contribution in [1.29, 1.82) is 0 Å². The van der Waals surface area contributed by atoms with E-state index in [9.17, 15) is 0 Å². The Morgan fingerprint density at radius 2 is 1.20 bits per heavy atom. The maximum atomic E-state index is 6.87. The number of nitrogens with zero attached hydrogens (tertiary/aromatic N) is 1. The van der Waals surface area contributed by atoms with Gasteiger partial charge in [-0.2, -0.15) is 0 Å². The zero-order valence-electron chi connectivity index (χ0n) is 29.2. The van der Waals surface area contributed by atoms with Crippen LogP contribution in [0.3, 0.4) is 0 Å². The molecule has 0 saturated carbocycles. The van der Waals surface area contributed by atoms with E-state index in [0.29, 0.717) is 0 Å². The van der Waals surface area contributed by atoms with Crippen LogP contribution in [0.2, 0.25) is 0 Å². The number of anilines is 2. The van der Waals surface area contributed by atoms with Crippen LogP contribution >= 0.6 is 0 Å². The predicted octanol–water partition coefficient (Wildman–Crippen LogP) is 13.4. The SMILES string of the molecule is C/C=C(\C=C/C(C)N(c1ccc(-c2ccccc2)cc1)c1cccc(C(C)C)c1Oc1ccccc1C)c1cccc(-c2ccccc2)c1. The zero-order valence-corrected chi connectivity index (χ0v) is 29.2. The molecule has 0 radical (unpaired) electrons. The molecule has 244 valence electrons. The summed E-state index contributed by atoms with van der Waals surface area (Å²) in [5.41, 5.74) is 11.6. The van der Waals surface area contributed by atoms with Crippen LogP contribution in [0.5, 0.6) is 11.5 Å². The van der Waals surface area contributed by atoms with E-state index in [4.69, 9.17) is 4.74 Å². The molecule has 6 aromatic carbocycles. The Labute approximate surface area is 292 Å². The molecule has 0 amide bonds. The lowest BCUT2D eigenvalue weighted by Gasteiger charge is -2.33. The summed E-state index contributed by atoms with van der Waals surface area (Å²) in [7, 11) is 0. The van der Waals surface area contributed by atoms with E-state index in [1.165, 1.54) is 39.0 Å². The quantitative estimate of drug-likeness (QED) is 0.131. The molecule has 1 unspecified atom stereocenters. The summed E-state index contributed by atoms with van der Waals surface area (Å²) in [5.74, 6) is 2.04. The number of ether oxygens (including phenoxy) is 1. The van der Waals surface area contributed by atoms with Gasteiger partial charge in [-0.3, -0.25) is 0 Å². The fourth-order valence-corrected chi connectivity index (χ4v) is 6.31. The molecular formula is C47H45NO. The summed E-state index contributed by atoms with van der Waals surface area (Å²) in [4.78, 5) is 2.40. The van der Waals surface area contributed by atoms with E-state index in [-0.39, 0.29) is 12.0 Å². The van der Waals surface area contributed by atoms with E-state index >= 15 is 0 Å². The van der Waals surface area contributed by atoms with Crippen molar-refractivity contribution >= 4 is 16.9 Å². The molecule has 2 heteroatoms. The Morgan fingerprint density at radius 1 is 0.612 bits per heavy atom. The fraction of sp³-hybridized carbons (Fsp3) is 0.149. The molecule has 6 rings (SSSR count). The summed E-state index contributed by atoms with van der Waals surface area (Å²) in [6.45, 7) is 10.9. The molecule has 0 bridgehead atoms. The predicted molar refractivity (Wildman–Crippen MR) is 210 cm³/mol. The number of aryl methyl sites for hydroxylation is 1. The van der Waals surface area contributed by atoms with Crippen LogP contribution in [0.25, 0.3) is 27.8 Å². The lowest BCUT2D eigenvalue weighted by molar-refractivity contribution is 0.469. The summed E-state index contributed by atoms with van der Waals surface area (Å²) < 4.78 is 6.87. The Morgan fingerprint density at radius 3 is 1.86 bits per heavy atom. The third kappa shape index (κ3) is 7.77. The second-order valence-corrected chi connectivity index (χ2v) is 12.8. The van der Waals surface area contributed by atoms with Crippen molar-refractivity contribution in [2.24, 2.45) is 0 Å². The summed E-state index contributed by atoms with van der Waals surface area (Å²) in [6.07, 6.45) is 6.75. The summed E-state index contributed by atoms with van der Waals surface area (Å²) in [5, 5.41) is 0. The van der Waals surface area contributed by atoms with E-state index in [1.54, 1.807) is 0 Å². The van der Waals surface area contributed by atoms with Gasteiger partial charge < -0.3 is 9.64 Å². The lowest BCUT2D eigenvalue weighted by Crippen LogP contribution is -2.27. The first-order valence-corrected chi connectivity index (χ1v) is 17.2. The highest BCUT2D eigenvalue weighted by Crippen LogP contribution is 2.44. The summed E-state index contributed by atoms with van der Waals surface area (Å²) in [6, 6.07) is 53.6. The third-order valence-electron chi connectivity index (χ3n) is 9.04. The van der Waals surface area contributed by atoms with Crippen LogP contribution in [0, 0.1) is 6.92 Å². The van der Waals surface area contributed by atoms with Crippen LogP contribution in [-0.4, -0.2) is 6.04 Å². The second-order valence-electron chi connectivity index (χ2n) is 12.8. The molecule has 1 atom stereocenters. The molecule has 0 aromatic heterocycles. The van der Waals surface area contributed by atoms with Gasteiger partial charge in [0, 0.05) is 11.7 Å². The molecular weight excluding hydrogens is 595 g/mol. The minimum atomic E-state index is -0.00327. The van der Waals surface area contributed by atoms with Crippen molar-refractivity contribution in [3.63, 3.8) is 0 Å². The van der Waals surface area contributed by atoms with Gasteiger partial charge in [0.15, 0.2) is 5.75 Å². The van der Waals surface area contributed by atoms with Gasteiger partial charge in [-0.05, 0) is 102 Å². The van der Waals surface area contributed by atoms with Crippen LogP contribution in [0.1, 0.15) is 50.3 Å². The highest BCUT2D eigenvalue weighted by Gasteiger charge is 2.23. The van der Waals surface area contributed by atoms with Gasteiger partial charge in [-0.1, -0.05) is 153 Å². The molecule has 6 aromatic rings. The Hall–Kier alpha value is -5.60. The standard InChI is InChI=1S/C47H45NO/c1-6-37(41-22-15-23-42(33-41)39-20-11-8-12-21-39)28-27-36(5)48(43-31-29-40(30-32-43)38-18-9-7-10-19-38)45-25-16-24-44(34(2)3)47(45)49-46-26-14-13-17-35(46)4/h6-34,36H,1-5H3/b28-27-,37-6+. The average molecular weight is 640 g/mol. The third-order valence-corrected chi connectivity index (χ3v) is 9.04. The van der Waals surface area contributed by atoms with Crippen molar-refractivity contribution in [2.45, 2.75) is 46.6 Å². The number of benzene rings is 6. The van der Waals surface area contributed by atoms with E-state index in [0.717, 1.165) is 28.4 Å². The number of allylic oxidation sites excluding steroid dienone is 3. The van der Waals surface area contributed by atoms with Crippen LogP contribution in [0.4, 0.5) is 11.4 Å². The molecule has 0 saturated heterocycles. The van der Waals surface area contributed by atoms with Gasteiger partial charge in [0.2, 0.25) is 0 Å². The minimum Gasteiger partial charge on any atom is -0.455 e. The first-order chi connectivity index (χ1) is 23.9. The van der Waals surface area contributed by atoms with Gasteiger partial charge in [0.05, 0.1) is 5.69 Å².